The normalized spacial score (nSPS) is 15.6. The molecule has 1 atom stereocenters. The van der Waals surface area contributed by atoms with E-state index in [-0.39, 0.29) is 36.1 Å². The number of aliphatic hydroxyl groups is 1. The number of nitrogens with zero attached hydrogens (tertiary/aromatic N) is 7. The predicted octanol–water partition coefficient (Wildman–Crippen LogP) is 3.86. The number of carbonyl (C=O) groups excluding carboxylic acids is 4. The second-order valence-corrected chi connectivity index (χ2v) is 14.3. The maximum Gasteiger partial charge on any atom is 0.278 e. The minimum absolute atomic E-state index is 0.0710. The fourth-order valence-corrected chi connectivity index (χ4v) is 6.84. The highest BCUT2D eigenvalue weighted by Gasteiger charge is 2.44. The molecule has 4 amide bonds. The van der Waals surface area contributed by atoms with Crippen LogP contribution in [0.3, 0.4) is 0 Å². The Labute approximate surface area is 321 Å². The van der Waals surface area contributed by atoms with Crippen molar-refractivity contribution < 1.29 is 24.3 Å². The number of imide groups is 2. The molecule has 5 aromatic rings. The smallest absolute Gasteiger partial charge is 0.278 e. The molecule has 16 nitrogen and oxygen atoms in total. The summed E-state index contributed by atoms with van der Waals surface area (Å²) in [6.07, 6.45) is 5.01. The van der Waals surface area contributed by atoms with Crippen molar-refractivity contribution in [2.45, 2.75) is 57.7 Å². The standard InChI is InChI=1S/C40H42N10O6/c1-5-20-48-36(53)29-23-42-39(46-34(29)50(48)32-10-8-9-31(44-32)40(2,3)56)43-24-11-14-26(15-12-24)47(4)21-7-6-19-41-25-13-16-27-28(22-25)38(55)49(37(27)54)30-17-18-33(51)45-35(30)52/h5,8-16,22-23,30,41,56H,1,6-7,17-21H2,2-4H3,(H,42,43,46)(H,45,51,52). The van der Waals surface area contributed by atoms with Gasteiger partial charge in [-0.1, -0.05) is 12.1 Å². The van der Waals surface area contributed by atoms with Gasteiger partial charge in [-0.05, 0) is 87.7 Å². The molecule has 2 aromatic carbocycles. The Morgan fingerprint density at radius 2 is 1.73 bits per heavy atom. The summed E-state index contributed by atoms with van der Waals surface area (Å²) in [5.74, 6) is -1.40. The summed E-state index contributed by atoms with van der Waals surface area (Å²) in [4.78, 5) is 80.2. The van der Waals surface area contributed by atoms with Crippen molar-refractivity contribution in [3.05, 3.63) is 107 Å². The molecule has 1 saturated heterocycles. The van der Waals surface area contributed by atoms with Gasteiger partial charge in [0.15, 0.2) is 11.5 Å². The highest BCUT2D eigenvalue weighted by atomic mass is 16.3. The molecule has 16 heteroatoms. The zero-order valence-electron chi connectivity index (χ0n) is 31.3. The average molecular weight is 759 g/mol. The van der Waals surface area contributed by atoms with Crippen molar-refractivity contribution in [1.82, 2.24) is 34.5 Å². The van der Waals surface area contributed by atoms with Crippen LogP contribution in [0.15, 0.2) is 84.3 Å². The molecular formula is C40H42N10O6. The minimum atomic E-state index is -1.19. The number of hydrogen-bond acceptors (Lipinski definition) is 12. The first-order chi connectivity index (χ1) is 26.8. The summed E-state index contributed by atoms with van der Waals surface area (Å²) < 4.78 is 3.09. The van der Waals surface area contributed by atoms with Crippen molar-refractivity contribution in [3.63, 3.8) is 0 Å². The quantitative estimate of drug-likeness (QED) is 0.0727. The third-order valence-electron chi connectivity index (χ3n) is 9.81. The first-order valence-electron chi connectivity index (χ1n) is 18.3. The van der Waals surface area contributed by atoms with Gasteiger partial charge in [0.05, 0.1) is 23.4 Å². The molecular weight excluding hydrogens is 717 g/mol. The molecule has 0 aliphatic carbocycles. The number of pyridine rings is 1. The van der Waals surface area contributed by atoms with Gasteiger partial charge in [0.2, 0.25) is 17.8 Å². The van der Waals surface area contributed by atoms with Gasteiger partial charge in [-0.25, -0.2) is 19.3 Å². The number of carbonyl (C=O) groups is 4. The van der Waals surface area contributed by atoms with Gasteiger partial charge in [0, 0.05) is 49.8 Å². The van der Waals surface area contributed by atoms with Crippen LogP contribution in [-0.4, -0.2) is 84.1 Å². The number of unbranched alkanes of at least 4 members (excludes halogenated alkanes) is 1. The number of benzene rings is 2. The number of fused-ring (bicyclic) bond motifs is 2. The molecule has 1 unspecified atom stereocenters. The van der Waals surface area contributed by atoms with E-state index in [1.807, 2.05) is 31.3 Å². The molecule has 56 heavy (non-hydrogen) atoms. The molecule has 2 aliphatic rings. The minimum Gasteiger partial charge on any atom is -0.385 e. The molecule has 7 rings (SSSR count). The van der Waals surface area contributed by atoms with Crippen molar-refractivity contribution in [1.29, 1.82) is 0 Å². The molecule has 3 aromatic heterocycles. The fourth-order valence-electron chi connectivity index (χ4n) is 6.84. The van der Waals surface area contributed by atoms with Crippen LogP contribution in [-0.2, 0) is 21.7 Å². The highest BCUT2D eigenvalue weighted by molar-refractivity contribution is 6.23. The largest absolute Gasteiger partial charge is 0.385 e. The molecule has 1 fully saturated rings. The lowest BCUT2D eigenvalue weighted by Gasteiger charge is -2.27. The van der Waals surface area contributed by atoms with Crippen molar-refractivity contribution in [2.24, 2.45) is 0 Å². The predicted molar refractivity (Wildman–Crippen MR) is 210 cm³/mol. The Kier molecular flexibility index (Phi) is 10.2. The summed E-state index contributed by atoms with van der Waals surface area (Å²) in [6.45, 7) is 8.73. The topological polar surface area (TPSA) is 197 Å². The van der Waals surface area contributed by atoms with Gasteiger partial charge in [-0.2, -0.15) is 4.98 Å². The summed E-state index contributed by atoms with van der Waals surface area (Å²) in [7, 11) is 2.01. The summed E-state index contributed by atoms with van der Waals surface area (Å²) in [5.41, 5.74) is 2.27. The number of nitrogens with one attached hydrogen (secondary N) is 3. The van der Waals surface area contributed by atoms with Crippen LogP contribution >= 0.6 is 0 Å². The molecule has 4 N–H and O–H groups in total. The van der Waals surface area contributed by atoms with E-state index >= 15 is 0 Å². The van der Waals surface area contributed by atoms with E-state index in [0.717, 1.165) is 35.7 Å². The van der Waals surface area contributed by atoms with Crippen LogP contribution in [0.1, 0.15) is 65.9 Å². The number of anilines is 4. The van der Waals surface area contributed by atoms with Gasteiger partial charge in [-0.3, -0.25) is 34.2 Å². The van der Waals surface area contributed by atoms with Crippen molar-refractivity contribution in [3.8, 4) is 5.82 Å². The van der Waals surface area contributed by atoms with Gasteiger partial charge >= 0.3 is 0 Å². The van der Waals surface area contributed by atoms with Gasteiger partial charge in [0.1, 0.15) is 17.0 Å². The van der Waals surface area contributed by atoms with E-state index in [9.17, 15) is 29.1 Å². The van der Waals surface area contributed by atoms with Crippen LogP contribution < -0.4 is 26.4 Å². The van der Waals surface area contributed by atoms with E-state index in [2.05, 4.69) is 37.4 Å². The van der Waals surface area contributed by atoms with Crippen LogP contribution in [0.25, 0.3) is 16.9 Å². The average Bonchev–Trinajstić information content (AvgIpc) is 3.59. The summed E-state index contributed by atoms with van der Waals surface area (Å²) in [6, 6.07) is 17.0. The van der Waals surface area contributed by atoms with Crippen LogP contribution in [0.2, 0.25) is 0 Å². The second-order valence-electron chi connectivity index (χ2n) is 14.3. The summed E-state index contributed by atoms with van der Waals surface area (Å²) in [5, 5.41) is 19.6. The van der Waals surface area contributed by atoms with E-state index in [1.54, 1.807) is 61.0 Å². The lowest BCUT2D eigenvalue weighted by atomic mass is 10.0. The molecule has 0 radical (unpaired) electrons. The Hall–Kier alpha value is -6.68. The Bertz CT molecular complexity index is 2430. The fraction of sp³-hybridized carbons (Fsp3) is 0.300. The van der Waals surface area contributed by atoms with Crippen LogP contribution in [0.4, 0.5) is 23.0 Å². The summed E-state index contributed by atoms with van der Waals surface area (Å²) >= 11 is 0. The monoisotopic (exact) mass is 758 g/mol. The lowest BCUT2D eigenvalue weighted by molar-refractivity contribution is -0.136. The zero-order chi connectivity index (χ0) is 39.7. The third-order valence-corrected chi connectivity index (χ3v) is 9.81. The third kappa shape index (κ3) is 7.38. The number of allylic oxidation sites excluding steroid dienone is 1. The first-order valence-corrected chi connectivity index (χ1v) is 18.3. The van der Waals surface area contributed by atoms with Gasteiger partial charge in [-0.15, -0.1) is 6.58 Å². The molecule has 0 saturated carbocycles. The van der Waals surface area contributed by atoms with Crippen molar-refractivity contribution in [2.75, 3.05) is 35.7 Å². The van der Waals surface area contributed by atoms with E-state index in [4.69, 9.17) is 4.98 Å². The van der Waals surface area contributed by atoms with E-state index in [0.29, 0.717) is 40.7 Å². The maximum absolute atomic E-state index is 13.3. The second kappa shape index (κ2) is 15.2. The van der Waals surface area contributed by atoms with Crippen LogP contribution in [0.5, 0.6) is 0 Å². The Morgan fingerprint density at radius 1 is 0.982 bits per heavy atom. The first kappa shape index (κ1) is 37.6. The lowest BCUT2D eigenvalue weighted by Crippen LogP contribution is -2.54. The number of piperidine rings is 1. The molecule has 0 spiro atoms. The van der Waals surface area contributed by atoms with Crippen molar-refractivity contribution >= 4 is 57.7 Å². The Morgan fingerprint density at radius 3 is 2.46 bits per heavy atom. The molecule has 2 aliphatic heterocycles. The number of amides is 4. The highest BCUT2D eigenvalue weighted by Crippen LogP contribution is 2.30. The van der Waals surface area contributed by atoms with Gasteiger partial charge < -0.3 is 20.6 Å². The number of rotatable bonds is 14. The Balaban J connectivity index is 0.944. The molecule has 0 bridgehead atoms. The zero-order valence-corrected chi connectivity index (χ0v) is 31.3. The van der Waals surface area contributed by atoms with E-state index < -0.39 is 35.3 Å². The van der Waals surface area contributed by atoms with Crippen LogP contribution in [0, 0.1) is 0 Å². The molecule has 288 valence electrons. The maximum atomic E-state index is 13.3. The SMILES string of the molecule is C=CCn1c(=O)c2cnc(Nc3ccc(N(C)CCCCNc4ccc5c(c4)C(=O)N(C4CCC(=O)NC4=O)C5=O)cc3)nc2n1-c1cccc(C(C)(C)O)n1. The number of hydrogen-bond donors (Lipinski definition) is 4. The number of aromatic nitrogens is 5. The van der Waals surface area contributed by atoms with Gasteiger partial charge in [0.25, 0.3) is 17.4 Å². The molecule has 5 heterocycles. The van der Waals surface area contributed by atoms with E-state index in [1.165, 1.54) is 10.9 Å².